The quantitative estimate of drug-likeness (QED) is 0.295. The van der Waals surface area contributed by atoms with Gasteiger partial charge in [0.25, 0.3) is 5.91 Å². The fourth-order valence-electron chi connectivity index (χ4n) is 6.26. The first-order chi connectivity index (χ1) is 18.4. The van der Waals surface area contributed by atoms with Crippen LogP contribution >= 0.6 is 0 Å². The van der Waals surface area contributed by atoms with Crippen molar-refractivity contribution in [1.29, 1.82) is 0 Å². The number of nitrogens with zero attached hydrogens (tertiary/aromatic N) is 2. The van der Waals surface area contributed by atoms with Crippen molar-refractivity contribution in [3.63, 3.8) is 0 Å². The average molecular weight is 537 g/mol. The van der Waals surface area contributed by atoms with E-state index in [4.69, 9.17) is 5.73 Å². The fraction of sp³-hybridized carbons (Fsp3) is 0.393. The van der Waals surface area contributed by atoms with E-state index in [2.05, 4.69) is 5.32 Å². The number of aromatic nitrogens is 1. The van der Waals surface area contributed by atoms with Crippen LogP contribution in [0.4, 0.5) is 5.69 Å². The summed E-state index contributed by atoms with van der Waals surface area (Å²) >= 11 is 0. The minimum absolute atomic E-state index is 0.0870. The van der Waals surface area contributed by atoms with E-state index in [0.29, 0.717) is 17.7 Å². The highest BCUT2D eigenvalue weighted by Crippen LogP contribution is 2.53. The van der Waals surface area contributed by atoms with Crippen molar-refractivity contribution in [3.05, 3.63) is 63.7 Å². The molecule has 3 aliphatic carbocycles. The fourth-order valence-corrected chi connectivity index (χ4v) is 6.26. The summed E-state index contributed by atoms with van der Waals surface area (Å²) in [5, 5.41) is 48.2. The molecule has 1 fully saturated rings. The van der Waals surface area contributed by atoms with Crippen LogP contribution in [-0.4, -0.2) is 62.2 Å². The molecule has 1 amide bonds. The van der Waals surface area contributed by atoms with Crippen LogP contribution in [0.25, 0.3) is 5.76 Å². The first kappa shape index (κ1) is 26.5. The molecule has 1 heterocycles. The van der Waals surface area contributed by atoms with Crippen molar-refractivity contribution in [2.75, 3.05) is 19.0 Å². The molecule has 1 unspecified atom stereocenters. The van der Waals surface area contributed by atoms with Gasteiger partial charge in [-0.15, -0.1) is 0 Å². The van der Waals surface area contributed by atoms with E-state index in [1.165, 1.54) is 0 Å². The summed E-state index contributed by atoms with van der Waals surface area (Å²) < 4.78 is 1.97. The number of hydrogen-bond acceptors (Lipinski definition) is 9. The Morgan fingerprint density at radius 2 is 1.92 bits per heavy atom. The predicted molar refractivity (Wildman–Crippen MR) is 142 cm³/mol. The normalized spacial score (nSPS) is 24.4. The van der Waals surface area contributed by atoms with Crippen LogP contribution < -0.4 is 16.0 Å². The lowest BCUT2D eigenvalue weighted by atomic mass is 9.59. The first-order valence-electron chi connectivity index (χ1n) is 12.7. The summed E-state index contributed by atoms with van der Waals surface area (Å²) in [7, 11) is 5.60. The van der Waals surface area contributed by atoms with Crippen molar-refractivity contribution in [2.45, 2.75) is 38.0 Å². The zero-order valence-corrected chi connectivity index (χ0v) is 22.0. The van der Waals surface area contributed by atoms with E-state index in [0.717, 1.165) is 11.4 Å². The number of carbonyl (C=O) groups is 3. The van der Waals surface area contributed by atoms with Gasteiger partial charge in [-0.2, -0.15) is 0 Å². The number of ketones is 2. The van der Waals surface area contributed by atoms with Crippen LogP contribution in [0, 0.1) is 11.8 Å². The largest absolute Gasteiger partial charge is 0.508 e. The number of nitrogens with two attached hydrogens (primary N) is 1. The van der Waals surface area contributed by atoms with Gasteiger partial charge in [0.05, 0.1) is 5.56 Å². The Morgan fingerprint density at radius 1 is 1.21 bits per heavy atom. The highest BCUT2D eigenvalue weighted by Gasteiger charge is 2.60. The summed E-state index contributed by atoms with van der Waals surface area (Å²) in [6.45, 7) is 0.802. The number of nitrogens with one attached hydrogen (secondary N) is 1. The minimum Gasteiger partial charge on any atom is -0.508 e. The van der Waals surface area contributed by atoms with Crippen molar-refractivity contribution < 1.29 is 34.8 Å². The summed E-state index contributed by atoms with van der Waals surface area (Å²) in [4.78, 5) is 40.0. The molecule has 0 radical (unpaired) electrons. The topological polar surface area (TPSA) is 178 Å². The highest BCUT2D eigenvalue weighted by molar-refractivity contribution is 6.22. The smallest absolute Gasteiger partial charge is 0.255 e. The van der Waals surface area contributed by atoms with E-state index in [1.807, 2.05) is 55.0 Å². The van der Waals surface area contributed by atoms with Crippen LogP contribution in [0.5, 0.6) is 5.75 Å². The number of fused-ring (bicyclic) bond motifs is 3. The molecule has 3 aliphatic rings. The lowest BCUT2D eigenvalue weighted by molar-refractivity contribution is -0.147. The Hall–Kier alpha value is -4.09. The zero-order valence-electron chi connectivity index (χ0n) is 22.0. The molecule has 2 aromatic rings. The maximum atomic E-state index is 13.7. The second-order valence-corrected chi connectivity index (χ2v) is 10.8. The number of Topliss-reactive ketones (excluding diaryl/α,β-unsaturated/α-hetero) is 2. The number of aliphatic hydroxyl groups is 3. The summed E-state index contributed by atoms with van der Waals surface area (Å²) in [6, 6.07) is 5.74. The number of aryl methyl sites for hydroxylation is 1. The van der Waals surface area contributed by atoms with Gasteiger partial charge >= 0.3 is 0 Å². The molecule has 0 spiro atoms. The molecule has 39 heavy (non-hydrogen) atoms. The summed E-state index contributed by atoms with van der Waals surface area (Å²) in [5.41, 5.74) is 4.72. The Morgan fingerprint density at radius 3 is 2.54 bits per heavy atom. The van der Waals surface area contributed by atoms with Crippen LogP contribution in [0.2, 0.25) is 0 Å². The molecule has 0 saturated heterocycles. The lowest BCUT2D eigenvalue weighted by Gasteiger charge is -2.46. The van der Waals surface area contributed by atoms with Crippen LogP contribution in [0.3, 0.4) is 0 Å². The van der Waals surface area contributed by atoms with Gasteiger partial charge in [0.2, 0.25) is 5.78 Å². The summed E-state index contributed by atoms with van der Waals surface area (Å²) in [5.74, 6) is -6.34. The van der Waals surface area contributed by atoms with Gasteiger partial charge in [0.15, 0.2) is 11.4 Å². The number of primary amides is 1. The molecule has 3 atom stereocenters. The Balaban J connectivity index is 1.59. The maximum absolute atomic E-state index is 13.7. The number of anilines is 1. The summed E-state index contributed by atoms with van der Waals surface area (Å²) in [6.07, 6.45) is 1.93. The number of aliphatic hydroxyl groups excluding tert-OH is 2. The number of rotatable bonds is 6. The van der Waals surface area contributed by atoms with Crippen molar-refractivity contribution in [1.82, 2.24) is 9.88 Å². The molecule has 1 aromatic carbocycles. The third kappa shape index (κ3) is 3.92. The second kappa shape index (κ2) is 9.28. The number of carbonyl (C=O) groups excluding carboxylic acids is 3. The Labute approximate surface area is 224 Å². The molecule has 5 rings (SSSR count). The molecule has 0 bridgehead atoms. The van der Waals surface area contributed by atoms with Gasteiger partial charge in [0, 0.05) is 75.3 Å². The predicted octanol–water partition coefficient (Wildman–Crippen LogP) is 1.12. The molecule has 1 saturated carbocycles. The number of phenols is 1. The van der Waals surface area contributed by atoms with Gasteiger partial charge in [-0.05, 0) is 42.5 Å². The van der Waals surface area contributed by atoms with Gasteiger partial charge < -0.3 is 40.9 Å². The molecular formula is C28H32N4O7. The number of phenolic OH excluding ortho intramolecular Hbond substituents is 1. The van der Waals surface area contributed by atoms with Gasteiger partial charge in [-0.25, -0.2) is 0 Å². The van der Waals surface area contributed by atoms with E-state index in [1.54, 1.807) is 0 Å². The van der Waals surface area contributed by atoms with Crippen LogP contribution in [0.15, 0.2) is 41.3 Å². The monoisotopic (exact) mass is 536 g/mol. The third-order valence-corrected chi connectivity index (χ3v) is 8.27. The van der Waals surface area contributed by atoms with E-state index in [-0.39, 0.29) is 42.7 Å². The molecule has 0 aliphatic heterocycles. The maximum Gasteiger partial charge on any atom is 0.255 e. The molecular weight excluding hydrogens is 504 g/mol. The number of benzene rings is 1. The third-order valence-electron chi connectivity index (χ3n) is 8.27. The van der Waals surface area contributed by atoms with E-state index in [9.17, 15) is 34.8 Å². The zero-order chi connectivity index (χ0) is 28.4. The number of amides is 1. The van der Waals surface area contributed by atoms with Crippen molar-refractivity contribution in [3.8, 4) is 5.75 Å². The molecule has 11 heteroatoms. The standard InChI is InChI=1S/C28H32N4O7/c1-31(2)18-9-14(11-30-12-16-5-4-6-32(16)3)23(34)21-17(18)8-13-7-15-10-19(33)22(27(29)38)26(37)28(15,39)25(36)20(13)24(21)35/h4-6,9,13,15,30,34-35,37,39H,7-8,10-12H2,1-3H3,(H2,29,38)/t13?,15-,28-/m0/s1. The molecule has 11 nitrogen and oxygen atoms in total. The van der Waals surface area contributed by atoms with Gasteiger partial charge in [0.1, 0.15) is 22.8 Å². The average Bonchev–Trinajstić information content (AvgIpc) is 3.26. The molecule has 1 aromatic heterocycles. The van der Waals surface area contributed by atoms with Gasteiger partial charge in [-0.1, -0.05) is 0 Å². The van der Waals surface area contributed by atoms with Gasteiger partial charge in [-0.3, -0.25) is 14.4 Å². The second-order valence-electron chi connectivity index (χ2n) is 10.8. The Kier molecular flexibility index (Phi) is 6.31. The number of aromatic hydroxyl groups is 1. The lowest BCUT2D eigenvalue weighted by Crippen LogP contribution is -2.58. The Bertz CT molecular complexity index is 1480. The van der Waals surface area contributed by atoms with Crippen molar-refractivity contribution >= 4 is 28.9 Å². The van der Waals surface area contributed by atoms with E-state index >= 15 is 0 Å². The van der Waals surface area contributed by atoms with E-state index < -0.39 is 52.0 Å². The van der Waals surface area contributed by atoms with Crippen LogP contribution in [-0.2, 0) is 40.9 Å². The van der Waals surface area contributed by atoms with Crippen molar-refractivity contribution in [2.24, 2.45) is 24.6 Å². The molecule has 7 N–H and O–H groups in total. The van der Waals surface area contributed by atoms with Crippen LogP contribution in [0.1, 0.15) is 35.2 Å². The SMILES string of the molecule is CN(C)c1cc(CNCc2cccn2C)c(O)c2c1CC1C[C@H]3CC(=O)C(C(N)=O)=C(O)[C@@]3(O)C(=O)C1=C2O. The molecule has 206 valence electrons. The highest BCUT2D eigenvalue weighted by atomic mass is 16.3. The number of hydrogen-bond donors (Lipinski definition) is 6. The minimum atomic E-state index is -2.58. The first-order valence-corrected chi connectivity index (χ1v) is 12.7.